The number of carbonyl (C=O) groups is 1. The summed E-state index contributed by atoms with van der Waals surface area (Å²) in [5.41, 5.74) is 0. The predicted octanol–water partition coefficient (Wildman–Crippen LogP) is 0.171. The van der Waals surface area contributed by atoms with Gasteiger partial charge in [-0.05, 0) is 0 Å². The summed E-state index contributed by atoms with van der Waals surface area (Å²) < 4.78 is 22.7. The predicted molar refractivity (Wildman–Crippen MR) is 58.4 cm³/mol. The first kappa shape index (κ1) is 12.1. The summed E-state index contributed by atoms with van der Waals surface area (Å²) in [6.45, 7) is 0.466. The van der Waals surface area contributed by atoms with E-state index in [1.807, 2.05) is 0 Å². The Kier molecular flexibility index (Phi) is 4.09. The number of amides is 1. The van der Waals surface area contributed by atoms with Crippen molar-refractivity contribution in [2.45, 2.75) is 5.37 Å². The highest BCUT2D eigenvalue weighted by Crippen LogP contribution is 2.20. The summed E-state index contributed by atoms with van der Waals surface area (Å²) in [7, 11) is -3.20. The number of nitrogens with zero attached hydrogens (tertiary/aromatic N) is 1. The Morgan fingerprint density at radius 1 is 1.64 bits per heavy atom. The second-order valence-corrected chi connectivity index (χ2v) is 6.70. The summed E-state index contributed by atoms with van der Waals surface area (Å²) >= 11 is 6.95. The molecular formula is C7H12ClNO3S2. The van der Waals surface area contributed by atoms with E-state index in [0.717, 1.165) is 12.0 Å². The number of carbonyl (C=O) groups excluding carboxylic acids is 1. The second kappa shape index (κ2) is 4.72. The minimum Gasteiger partial charge on any atom is -0.323 e. The van der Waals surface area contributed by atoms with E-state index in [9.17, 15) is 13.2 Å². The third-order valence-electron chi connectivity index (χ3n) is 2.01. The Morgan fingerprint density at radius 2 is 2.29 bits per heavy atom. The molecule has 0 aromatic rings. The van der Waals surface area contributed by atoms with E-state index in [0.29, 0.717) is 12.3 Å². The number of thioether (sulfide) groups is 1. The SMILES string of the molecule is CS(=O)(=O)C1CSCCN1C(=O)CCl. The van der Waals surface area contributed by atoms with Crippen molar-refractivity contribution >= 4 is 39.1 Å². The maximum absolute atomic E-state index is 11.4. The highest BCUT2D eigenvalue weighted by atomic mass is 35.5. The Hall–Kier alpha value is 0.0600. The van der Waals surface area contributed by atoms with Gasteiger partial charge in [-0.1, -0.05) is 0 Å². The molecule has 0 aliphatic carbocycles. The summed E-state index contributed by atoms with van der Waals surface area (Å²) in [6.07, 6.45) is 1.15. The van der Waals surface area contributed by atoms with Gasteiger partial charge in [0, 0.05) is 24.3 Å². The van der Waals surface area contributed by atoms with Crippen LogP contribution in [0.25, 0.3) is 0 Å². The van der Waals surface area contributed by atoms with Crippen molar-refractivity contribution in [2.75, 3.05) is 30.2 Å². The van der Waals surface area contributed by atoms with Gasteiger partial charge >= 0.3 is 0 Å². The van der Waals surface area contributed by atoms with Gasteiger partial charge in [-0.25, -0.2) is 8.42 Å². The van der Waals surface area contributed by atoms with Gasteiger partial charge in [0.15, 0.2) is 9.84 Å². The summed E-state index contributed by atoms with van der Waals surface area (Å²) in [6, 6.07) is 0. The van der Waals surface area contributed by atoms with Crippen LogP contribution < -0.4 is 0 Å². The summed E-state index contributed by atoms with van der Waals surface area (Å²) in [4.78, 5) is 12.7. The van der Waals surface area contributed by atoms with Gasteiger partial charge in [0.1, 0.15) is 11.3 Å². The molecule has 1 heterocycles. The Morgan fingerprint density at radius 3 is 2.79 bits per heavy atom. The molecule has 7 heteroatoms. The number of alkyl halides is 1. The number of hydrogen-bond acceptors (Lipinski definition) is 4. The molecule has 1 fully saturated rings. The molecule has 0 aromatic carbocycles. The summed E-state index contributed by atoms with van der Waals surface area (Å²) in [5, 5.41) is -0.701. The average Bonchev–Trinajstić information content (AvgIpc) is 2.15. The van der Waals surface area contributed by atoms with Crippen LogP contribution in [0.1, 0.15) is 0 Å². The van der Waals surface area contributed by atoms with Crippen LogP contribution in [0.4, 0.5) is 0 Å². The van der Waals surface area contributed by atoms with Gasteiger partial charge in [-0.3, -0.25) is 4.79 Å². The van der Waals surface area contributed by atoms with Gasteiger partial charge in [0.05, 0.1) is 0 Å². The summed E-state index contributed by atoms with van der Waals surface area (Å²) in [5.74, 6) is 0.759. The van der Waals surface area contributed by atoms with Crippen LogP contribution >= 0.6 is 23.4 Å². The third kappa shape index (κ3) is 2.77. The molecular weight excluding hydrogens is 246 g/mol. The Balaban J connectivity index is 2.85. The molecule has 1 rings (SSSR count). The minimum atomic E-state index is -3.20. The zero-order valence-corrected chi connectivity index (χ0v) is 10.2. The molecule has 0 aromatic heterocycles. The lowest BCUT2D eigenvalue weighted by atomic mass is 10.4. The fourth-order valence-corrected chi connectivity index (χ4v) is 4.29. The first-order valence-corrected chi connectivity index (χ1v) is 7.73. The first-order valence-electron chi connectivity index (χ1n) is 4.09. The molecule has 4 nitrogen and oxygen atoms in total. The van der Waals surface area contributed by atoms with Crippen LogP contribution in [-0.2, 0) is 14.6 Å². The normalized spacial score (nSPS) is 23.6. The largest absolute Gasteiger partial charge is 0.323 e. The molecule has 1 unspecified atom stereocenters. The smallest absolute Gasteiger partial charge is 0.238 e. The van der Waals surface area contributed by atoms with Crippen molar-refractivity contribution in [3.63, 3.8) is 0 Å². The fraction of sp³-hybridized carbons (Fsp3) is 0.857. The lowest BCUT2D eigenvalue weighted by Crippen LogP contribution is -2.50. The van der Waals surface area contributed by atoms with Gasteiger partial charge < -0.3 is 4.90 Å². The molecule has 0 spiro atoms. The standard InChI is InChI=1S/C7H12ClNO3S2/c1-14(11,12)7-5-13-3-2-9(7)6(10)4-8/h7H,2-5H2,1H3. The monoisotopic (exact) mass is 257 g/mol. The van der Waals surface area contributed by atoms with E-state index in [-0.39, 0.29) is 11.8 Å². The highest BCUT2D eigenvalue weighted by Gasteiger charge is 2.33. The van der Waals surface area contributed by atoms with Gasteiger partial charge in [-0.2, -0.15) is 11.8 Å². The van der Waals surface area contributed by atoms with E-state index < -0.39 is 15.2 Å². The first-order chi connectivity index (χ1) is 6.46. The lowest BCUT2D eigenvalue weighted by molar-refractivity contribution is -0.128. The van der Waals surface area contributed by atoms with Crippen molar-refractivity contribution in [1.82, 2.24) is 4.90 Å². The number of rotatable bonds is 2. The van der Waals surface area contributed by atoms with Crippen molar-refractivity contribution in [1.29, 1.82) is 0 Å². The quantitative estimate of drug-likeness (QED) is 0.662. The van der Waals surface area contributed by atoms with E-state index >= 15 is 0 Å². The van der Waals surface area contributed by atoms with E-state index in [4.69, 9.17) is 11.6 Å². The molecule has 82 valence electrons. The van der Waals surface area contributed by atoms with Crippen molar-refractivity contribution in [3.05, 3.63) is 0 Å². The molecule has 0 radical (unpaired) electrons. The van der Waals surface area contributed by atoms with Gasteiger partial charge in [0.25, 0.3) is 0 Å². The van der Waals surface area contributed by atoms with Crippen LogP contribution in [-0.4, -0.2) is 54.8 Å². The van der Waals surface area contributed by atoms with Gasteiger partial charge in [0.2, 0.25) is 5.91 Å². The van der Waals surface area contributed by atoms with Crippen LogP contribution in [0.2, 0.25) is 0 Å². The van der Waals surface area contributed by atoms with E-state index in [1.54, 1.807) is 11.8 Å². The molecule has 1 aliphatic rings. The minimum absolute atomic E-state index is 0.156. The zero-order valence-electron chi connectivity index (χ0n) is 7.77. The average molecular weight is 258 g/mol. The van der Waals surface area contributed by atoms with E-state index in [2.05, 4.69) is 0 Å². The Bertz CT molecular complexity index is 317. The van der Waals surface area contributed by atoms with Crippen LogP contribution in [0.15, 0.2) is 0 Å². The molecule has 14 heavy (non-hydrogen) atoms. The zero-order chi connectivity index (χ0) is 10.8. The second-order valence-electron chi connectivity index (χ2n) is 3.08. The molecule has 1 amide bonds. The fourth-order valence-electron chi connectivity index (χ4n) is 1.30. The van der Waals surface area contributed by atoms with Crippen molar-refractivity contribution < 1.29 is 13.2 Å². The number of hydrogen-bond donors (Lipinski definition) is 0. The Labute approximate surface area is 92.9 Å². The molecule has 0 saturated carbocycles. The molecule has 1 saturated heterocycles. The molecule has 1 aliphatic heterocycles. The molecule has 0 bridgehead atoms. The van der Waals surface area contributed by atoms with Gasteiger partial charge in [-0.15, -0.1) is 11.6 Å². The van der Waals surface area contributed by atoms with E-state index in [1.165, 1.54) is 4.90 Å². The number of sulfone groups is 1. The van der Waals surface area contributed by atoms with Crippen molar-refractivity contribution in [2.24, 2.45) is 0 Å². The topological polar surface area (TPSA) is 54.5 Å². The number of halogens is 1. The van der Waals surface area contributed by atoms with Crippen LogP contribution in [0.5, 0.6) is 0 Å². The molecule has 0 N–H and O–H groups in total. The van der Waals surface area contributed by atoms with Crippen LogP contribution in [0.3, 0.4) is 0 Å². The molecule has 1 atom stereocenters. The lowest BCUT2D eigenvalue weighted by Gasteiger charge is -2.33. The maximum atomic E-state index is 11.4. The highest BCUT2D eigenvalue weighted by molar-refractivity contribution is 8.00. The van der Waals surface area contributed by atoms with Crippen molar-refractivity contribution in [3.8, 4) is 0 Å². The third-order valence-corrected chi connectivity index (χ3v) is 4.89. The maximum Gasteiger partial charge on any atom is 0.238 e. The van der Waals surface area contributed by atoms with Crippen LogP contribution in [0, 0.1) is 0 Å².